The van der Waals surface area contributed by atoms with Crippen LogP contribution in [0.25, 0.3) is 0 Å². The quantitative estimate of drug-likeness (QED) is 0.737. The predicted molar refractivity (Wildman–Crippen MR) is 106 cm³/mol. The SMILES string of the molecule is CCS(=O)(=O)N[C@H]1CC[C@H](CNc2cc(F)cc(N3CCOCC3)c2)CC1. The Bertz CT molecular complexity index is 715. The number of ether oxygens (including phenoxy) is 1. The molecule has 0 spiro atoms. The molecule has 2 N–H and O–H groups in total. The first-order valence-corrected chi connectivity index (χ1v) is 11.5. The van der Waals surface area contributed by atoms with Crippen LogP contribution in [-0.2, 0) is 14.8 Å². The molecule has 1 aromatic rings. The number of sulfonamides is 1. The Balaban J connectivity index is 1.50. The van der Waals surface area contributed by atoms with Gasteiger partial charge in [0.2, 0.25) is 10.0 Å². The number of anilines is 2. The molecule has 0 radical (unpaired) electrons. The summed E-state index contributed by atoms with van der Waals surface area (Å²) in [5, 5.41) is 3.37. The van der Waals surface area contributed by atoms with Crippen molar-refractivity contribution in [2.45, 2.75) is 38.6 Å². The van der Waals surface area contributed by atoms with Crippen LogP contribution in [0.5, 0.6) is 0 Å². The van der Waals surface area contributed by atoms with Gasteiger partial charge < -0.3 is 15.0 Å². The highest BCUT2D eigenvalue weighted by Gasteiger charge is 2.24. The molecular weight excluding hydrogens is 369 g/mol. The first-order valence-electron chi connectivity index (χ1n) is 9.82. The molecule has 0 aromatic heterocycles. The van der Waals surface area contributed by atoms with E-state index >= 15 is 0 Å². The van der Waals surface area contributed by atoms with Crippen molar-refractivity contribution >= 4 is 21.4 Å². The lowest BCUT2D eigenvalue weighted by atomic mass is 9.86. The maximum atomic E-state index is 14.0. The molecule has 0 atom stereocenters. The molecule has 1 aliphatic heterocycles. The lowest BCUT2D eigenvalue weighted by Gasteiger charge is -2.30. The van der Waals surface area contributed by atoms with Crippen molar-refractivity contribution in [3.05, 3.63) is 24.0 Å². The molecule has 1 saturated carbocycles. The molecule has 0 amide bonds. The minimum atomic E-state index is -3.13. The van der Waals surface area contributed by atoms with Crippen LogP contribution in [0.3, 0.4) is 0 Å². The van der Waals surface area contributed by atoms with E-state index in [1.54, 1.807) is 13.0 Å². The minimum Gasteiger partial charge on any atom is -0.385 e. The van der Waals surface area contributed by atoms with E-state index in [1.807, 2.05) is 6.07 Å². The number of rotatable bonds is 7. The van der Waals surface area contributed by atoms with Crippen molar-refractivity contribution in [2.75, 3.05) is 48.8 Å². The van der Waals surface area contributed by atoms with E-state index in [4.69, 9.17) is 4.74 Å². The summed E-state index contributed by atoms with van der Waals surface area (Å²) in [7, 11) is -3.13. The van der Waals surface area contributed by atoms with Crippen molar-refractivity contribution in [3.8, 4) is 0 Å². The number of halogens is 1. The first-order chi connectivity index (χ1) is 12.9. The standard InChI is InChI=1S/C19H30FN3O3S/c1-2-27(24,25)22-17-5-3-15(4-6-17)14-21-18-11-16(20)12-19(13-18)23-7-9-26-10-8-23/h11-13,15,17,21-22H,2-10,14H2,1H3/t15-,17-. The summed E-state index contributed by atoms with van der Waals surface area (Å²) in [5.41, 5.74) is 1.68. The molecule has 1 aromatic carbocycles. The largest absolute Gasteiger partial charge is 0.385 e. The third-order valence-electron chi connectivity index (χ3n) is 5.43. The third-order valence-corrected chi connectivity index (χ3v) is 6.88. The third kappa shape index (κ3) is 6.05. The van der Waals surface area contributed by atoms with Gasteiger partial charge in [-0.15, -0.1) is 0 Å². The predicted octanol–water partition coefficient (Wildman–Crippen LogP) is 2.57. The molecular formula is C19H30FN3O3S. The Morgan fingerprint density at radius 2 is 1.85 bits per heavy atom. The van der Waals surface area contributed by atoms with E-state index in [0.717, 1.165) is 56.7 Å². The molecule has 2 fully saturated rings. The van der Waals surface area contributed by atoms with Crippen molar-refractivity contribution < 1.29 is 17.5 Å². The van der Waals surface area contributed by atoms with Crippen LogP contribution >= 0.6 is 0 Å². The average molecular weight is 400 g/mol. The van der Waals surface area contributed by atoms with Crippen LogP contribution in [-0.4, -0.2) is 53.1 Å². The Morgan fingerprint density at radius 1 is 1.15 bits per heavy atom. The second-order valence-corrected chi connectivity index (χ2v) is 9.46. The Kier molecular flexibility index (Phi) is 6.94. The maximum absolute atomic E-state index is 14.0. The number of morpholine rings is 1. The van der Waals surface area contributed by atoms with E-state index in [9.17, 15) is 12.8 Å². The molecule has 152 valence electrons. The topological polar surface area (TPSA) is 70.7 Å². The number of benzene rings is 1. The molecule has 8 heteroatoms. The van der Waals surface area contributed by atoms with Crippen LogP contribution < -0.4 is 14.9 Å². The van der Waals surface area contributed by atoms with Crippen LogP contribution in [0.1, 0.15) is 32.6 Å². The number of hydrogen-bond acceptors (Lipinski definition) is 5. The molecule has 1 aliphatic carbocycles. The summed E-state index contributed by atoms with van der Waals surface area (Å²) in [6.45, 7) is 5.33. The van der Waals surface area contributed by atoms with Gasteiger partial charge in [-0.2, -0.15) is 0 Å². The highest BCUT2D eigenvalue weighted by molar-refractivity contribution is 7.89. The van der Waals surface area contributed by atoms with E-state index in [1.165, 1.54) is 6.07 Å². The van der Waals surface area contributed by atoms with Gasteiger partial charge in [0.25, 0.3) is 0 Å². The normalized spacial score (nSPS) is 24.0. The van der Waals surface area contributed by atoms with Crippen LogP contribution in [0.2, 0.25) is 0 Å². The van der Waals surface area contributed by atoms with Gasteiger partial charge in [0.1, 0.15) is 5.82 Å². The zero-order chi connectivity index (χ0) is 19.3. The Hall–Kier alpha value is -1.38. The van der Waals surface area contributed by atoms with Crippen molar-refractivity contribution in [2.24, 2.45) is 5.92 Å². The lowest BCUT2D eigenvalue weighted by molar-refractivity contribution is 0.122. The smallest absolute Gasteiger partial charge is 0.211 e. The fourth-order valence-electron chi connectivity index (χ4n) is 3.76. The van der Waals surface area contributed by atoms with Gasteiger partial charge in [-0.3, -0.25) is 0 Å². The average Bonchev–Trinajstić information content (AvgIpc) is 2.67. The van der Waals surface area contributed by atoms with Gasteiger partial charge in [0.05, 0.1) is 19.0 Å². The molecule has 1 saturated heterocycles. The molecule has 27 heavy (non-hydrogen) atoms. The molecule has 0 bridgehead atoms. The van der Waals surface area contributed by atoms with Gasteiger partial charge in [0, 0.05) is 37.1 Å². The fourth-order valence-corrected chi connectivity index (χ4v) is 4.67. The minimum absolute atomic E-state index is 0.0493. The van der Waals surface area contributed by atoms with Crippen LogP contribution in [0.15, 0.2) is 18.2 Å². The maximum Gasteiger partial charge on any atom is 0.211 e. The molecule has 3 rings (SSSR count). The van der Waals surface area contributed by atoms with E-state index in [0.29, 0.717) is 19.1 Å². The van der Waals surface area contributed by atoms with Gasteiger partial charge in [-0.1, -0.05) is 0 Å². The first kappa shape index (κ1) is 20.4. The zero-order valence-electron chi connectivity index (χ0n) is 15.9. The van der Waals surface area contributed by atoms with Gasteiger partial charge >= 0.3 is 0 Å². The van der Waals surface area contributed by atoms with Gasteiger partial charge in [-0.25, -0.2) is 17.5 Å². The summed E-state index contributed by atoms with van der Waals surface area (Å²) in [4.78, 5) is 2.14. The molecule has 0 unspecified atom stereocenters. The summed E-state index contributed by atoms with van der Waals surface area (Å²) in [5.74, 6) is 0.362. The van der Waals surface area contributed by atoms with Gasteiger partial charge in [0.15, 0.2) is 0 Å². The van der Waals surface area contributed by atoms with E-state index in [2.05, 4.69) is 14.9 Å². The van der Waals surface area contributed by atoms with E-state index in [-0.39, 0.29) is 17.6 Å². The summed E-state index contributed by atoms with van der Waals surface area (Å²) in [6, 6.07) is 5.15. The summed E-state index contributed by atoms with van der Waals surface area (Å²) >= 11 is 0. The molecule has 1 heterocycles. The highest BCUT2D eigenvalue weighted by atomic mass is 32.2. The number of hydrogen-bond donors (Lipinski definition) is 2. The van der Waals surface area contributed by atoms with Crippen molar-refractivity contribution in [1.82, 2.24) is 4.72 Å². The number of nitrogens with one attached hydrogen (secondary N) is 2. The van der Waals surface area contributed by atoms with Gasteiger partial charge in [-0.05, 0) is 56.7 Å². The number of nitrogens with zero attached hydrogens (tertiary/aromatic N) is 1. The second-order valence-electron chi connectivity index (χ2n) is 7.42. The highest BCUT2D eigenvalue weighted by Crippen LogP contribution is 2.27. The Morgan fingerprint density at radius 3 is 2.52 bits per heavy atom. The van der Waals surface area contributed by atoms with Crippen LogP contribution in [0, 0.1) is 11.7 Å². The second kappa shape index (κ2) is 9.21. The fraction of sp³-hybridized carbons (Fsp3) is 0.684. The van der Waals surface area contributed by atoms with Crippen molar-refractivity contribution in [3.63, 3.8) is 0 Å². The monoisotopic (exact) mass is 399 g/mol. The molecule has 2 aliphatic rings. The van der Waals surface area contributed by atoms with E-state index < -0.39 is 10.0 Å². The molecule has 6 nitrogen and oxygen atoms in total. The zero-order valence-corrected chi connectivity index (χ0v) is 16.7. The van der Waals surface area contributed by atoms with Crippen molar-refractivity contribution in [1.29, 1.82) is 0 Å². The summed E-state index contributed by atoms with van der Waals surface area (Å²) in [6.07, 6.45) is 3.65. The lowest BCUT2D eigenvalue weighted by Crippen LogP contribution is -2.39. The summed E-state index contributed by atoms with van der Waals surface area (Å²) < 4.78 is 45.5. The van der Waals surface area contributed by atoms with Crippen LogP contribution in [0.4, 0.5) is 15.8 Å². The Labute approximate surface area is 161 Å².